The SMILES string of the molecule is COc1cc(C(=O)N[C@H](CCSC)C(=O)OCC(N)=O)cc(OC)c1OC. The topological polar surface area (TPSA) is 126 Å². The summed E-state index contributed by atoms with van der Waals surface area (Å²) in [7, 11) is 4.32. The molecule has 0 heterocycles. The van der Waals surface area contributed by atoms with Gasteiger partial charge in [-0.05, 0) is 30.6 Å². The first-order valence-corrected chi connectivity index (χ1v) is 9.32. The molecule has 0 spiro atoms. The van der Waals surface area contributed by atoms with Crippen LogP contribution in [0.25, 0.3) is 0 Å². The summed E-state index contributed by atoms with van der Waals surface area (Å²) in [6.07, 6.45) is 2.20. The lowest BCUT2D eigenvalue weighted by molar-refractivity contribution is -0.149. The number of amides is 2. The van der Waals surface area contributed by atoms with Gasteiger partial charge in [0.25, 0.3) is 11.8 Å². The highest BCUT2D eigenvalue weighted by atomic mass is 32.2. The summed E-state index contributed by atoms with van der Waals surface area (Å²) in [5.41, 5.74) is 5.19. The molecule has 0 saturated heterocycles. The van der Waals surface area contributed by atoms with Crippen LogP contribution in [0.4, 0.5) is 0 Å². The lowest BCUT2D eigenvalue weighted by atomic mass is 10.1. The number of hydrogen-bond donors (Lipinski definition) is 2. The van der Waals surface area contributed by atoms with Gasteiger partial charge in [0.1, 0.15) is 6.04 Å². The zero-order chi connectivity index (χ0) is 20.4. The van der Waals surface area contributed by atoms with Crippen LogP contribution in [0.5, 0.6) is 17.2 Å². The Hall–Kier alpha value is -2.62. The van der Waals surface area contributed by atoms with E-state index in [1.54, 1.807) is 0 Å². The molecule has 1 rings (SSSR count). The van der Waals surface area contributed by atoms with Crippen LogP contribution in [-0.4, -0.2) is 63.8 Å². The summed E-state index contributed by atoms with van der Waals surface area (Å²) < 4.78 is 20.5. The first kappa shape index (κ1) is 22.4. The number of benzene rings is 1. The number of hydrogen-bond acceptors (Lipinski definition) is 8. The number of primary amides is 1. The van der Waals surface area contributed by atoms with E-state index in [2.05, 4.69) is 5.32 Å². The van der Waals surface area contributed by atoms with Crippen LogP contribution in [0.3, 0.4) is 0 Å². The van der Waals surface area contributed by atoms with Gasteiger partial charge >= 0.3 is 5.97 Å². The Morgan fingerprint density at radius 2 is 1.70 bits per heavy atom. The van der Waals surface area contributed by atoms with Crippen molar-refractivity contribution in [1.29, 1.82) is 0 Å². The number of thioether (sulfide) groups is 1. The fraction of sp³-hybridized carbons (Fsp3) is 0.471. The number of methoxy groups -OCH3 is 3. The molecule has 150 valence electrons. The van der Waals surface area contributed by atoms with Gasteiger partial charge in [0.15, 0.2) is 18.1 Å². The van der Waals surface area contributed by atoms with E-state index < -0.39 is 30.4 Å². The van der Waals surface area contributed by atoms with Crippen molar-refractivity contribution in [2.75, 3.05) is 39.9 Å². The molecule has 1 atom stereocenters. The molecule has 0 unspecified atom stereocenters. The molecule has 2 amide bonds. The largest absolute Gasteiger partial charge is 0.493 e. The maximum atomic E-state index is 12.6. The zero-order valence-electron chi connectivity index (χ0n) is 15.7. The minimum Gasteiger partial charge on any atom is -0.493 e. The second-order valence-corrected chi connectivity index (χ2v) is 6.28. The second-order valence-electron chi connectivity index (χ2n) is 5.30. The second kappa shape index (κ2) is 11.2. The molecule has 0 aliphatic rings. The molecule has 1 aromatic carbocycles. The van der Waals surface area contributed by atoms with E-state index in [0.29, 0.717) is 29.4 Å². The summed E-state index contributed by atoms with van der Waals surface area (Å²) in [6, 6.07) is 2.01. The van der Waals surface area contributed by atoms with Gasteiger partial charge in [-0.2, -0.15) is 11.8 Å². The van der Waals surface area contributed by atoms with E-state index >= 15 is 0 Å². The number of carbonyl (C=O) groups is 3. The van der Waals surface area contributed by atoms with Gasteiger partial charge in [0, 0.05) is 5.56 Å². The summed E-state index contributed by atoms with van der Waals surface area (Å²) in [4.78, 5) is 35.6. The van der Waals surface area contributed by atoms with Gasteiger partial charge in [-0.1, -0.05) is 0 Å². The molecule has 1 aromatic rings. The maximum absolute atomic E-state index is 12.6. The number of esters is 1. The molecule has 0 bridgehead atoms. The molecule has 10 heteroatoms. The lowest BCUT2D eigenvalue weighted by Gasteiger charge is -2.18. The first-order chi connectivity index (χ1) is 12.9. The van der Waals surface area contributed by atoms with Crippen molar-refractivity contribution in [3.05, 3.63) is 17.7 Å². The van der Waals surface area contributed by atoms with E-state index in [9.17, 15) is 14.4 Å². The van der Waals surface area contributed by atoms with Gasteiger partial charge in [-0.25, -0.2) is 4.79 Å². The van der Waals surface area contributed by atoms with Crippen molar-refractivity contribution in [2.24, 2.45) is 5.73 Å². The Labute approximate surface area is 161 Å². The van der Waals surface area contributed by atoms with Crippen molar-refractivity contribution >= 4 is 29.5 Å². The van der Waals surface area contributed by atoms with Crippen LogP contribution in [-0.2, 0) is 14.3 Å². The average Bonchev–Trinajstić information content (AvgIpc) is 2.67. The van der Waals surface area contributed by atoms with Crippen molar-refractivity contribution in [3.63, 3.8) is 0 Å². The Bertz CT molecular complexity index is 656. The van der Waals surface area contributed by atoms with Crippen LogP contribution in [0.15, 0.2) is 12.1 Å². The van der Waals surface area contributed by atoms with Crippen molar-refractivity contribution in [3.8, 4) is 17.2 Å². The highest BCUT2D eigenvalue weighted by molar-refractivity contribution is 7.98. The van der Waals surface area contributed by atoms with Gasteiger partial charge in [0.2, 0.25) is 5.75 Å². The average molecular weight is 400 g/mol. The molecule has 3 N–H and O–H groups in total. The summed E-state index contributed by atoms with van der Waals surface area (Å²) in [6.45, 7) is -0.547. The normalized spacial score (nSPS) is 11.3. The minimum atomic E-state index is -0.927. The third-order valence-corrected chi connectivity index (χ3v) is 4.13. The van der Waals surface area contributed by atoms with Crippen molar-refractivity contribution in [2.45, 2.75) is 12.5 Å². The van der Waals surface area contributed by atoms with Crippen LogP contribution in [0.2, 0.25) is 0 Å². The van der Waals surface area contributed by atoms with Crippen LogP contribution < -0.4 is 25.3 Å². The molecular formula is C17H24N2O7S. The fourth-order valence-electron chi connectivity index (χ4n) is 2.18. The zero-order valence-corrected chi connectivity index (χ0v) is 16.5. The van der Waals surface area contributed by atoms with Crippen molar-refractivity contribution in [1.82, 2.24) is 5.32 Å². The number of ether oxygens (including phenoxy) is 4. The maximum Gasteiger partial charge on any atom is 0.329 e. The molecule has 0 aliphatic heterocycles. The van der Waals surface area contributed by atoms with Gasteiger partial charge < -0.3 is 30.0 Å². The highest BCUT2D eigenvalue weighted by Crippen LogP contribution is 2.38. The van der Waals surface area contributed by atoms with Crippen LogP contribution in [0.1, 0.15) is 16.8 Å². The number of rotatable bonds is 11. The van der Waals surface area contributed by atoms with Gasteiger partial charge in [0.05, 0.1) is 21.3 Å². The smallest absolute Gasteiger partial charge is 0.329 e. The summed E-state index contributed by atoms with van der Waals surface area (Å²) >= 11 is 1.50. The molecule has 27 heavy (non-hydrogen) atoms. The number of carbonyl (C=O) groups excluding carboxylic acids is 3. The third kappa shape index (κ3) is 6.55. The first-order valence-electron chi connectivity index (χ1n) is 7.92. The Kier molecular flexibility index (Phi) is 9.27. The Morgan fingerprint density at radius 1 is 1.11 bits per heavy atom. The Balaban J connectivity index is 3.03. The number of nitrogens with one attached hydrogen (secondary N) is 1. The van der Waals surface area contributed by atoms with E-state index in [4.69, 9.17) is 24.7 Å². The molecule has 0 aromatic heterocycles. The number of nitrogens with two attached hydrogens (primary N) is 1. The Morgan fingerprint density at radius 3 is 2.15 bits per heavy atom. The summed E-state index contributed by atoms with van der Waals surface area (Å²) in [5, 5.41) is 2.60. The predicted octanol–water partition coefficient (Wildman–Crippen LogP) is 0.592. The van der Waals surface area contributed by atoms with Gasteiger partial charge in [-0.3, -0.25) is 9.59 Å². The summed E-state index contributed by atoms with van der Waals surface area (Å²) in [5.74, 6) is -0.483. The monoisotopic (exact) mass is 400 g/mol. The highest BCUT2D eigenvalue weighted by Gasteiger charge is 2.24. The quantitative estimate of drug-likeness (QED) is 0.517. The molecule has 0 saturated carbocycles. The van der Waals surface area contributed by atoms with E-state index in [1.165, 1.54) is 45.2 Å². The van der Waals surface area contributed by atoms with Crippen LogP contribution in [0, 0.1) is 0 Å². The molecule has 0 aliphatic carbocycles. The molecule has 9 nitrogen and oxygen atoms in total. The standard InChI is InChI=1S/C17H24N2O7S/c1-23-12-7-10(8-13(24-2)15(12)25-3)16(21)19-11(5-6-27-4)17(22)26-9-14(18)20/h7-8,11H,5-6,9H2,1-4H3,(H2,18,20)(H,19,21)/t11-/m1/s1. The third-order valence-electron chi connectivity index (χ3n) is 3.48. The molecule has 0 radical (unpaired) electrons. The van der Waals surface area contributed by atoms with Crippen LogP contribution >= 0.6 is 11.8 Å². The fourth-order valence-corrected chi connectivity index (χ4v) is 2.65. The van der Waals surface area contributed by atoms with Gasteiger partial charge in [-0.15, -0.1) is 0 Å². The molecular weight excluding hydrogens is 376 g/mol. The van der Waals surface area contributed by atoms with E-state index in [-0.39, 0.29) is 5.56 Å². The van der Waals surface area contributed by atoms with E-state index in [0.717, 1.165) is 0 Å². The van der Waals surface area contributed by atoms with Crippen molar-refractivity contribution < 1.29 is 33.3 Å². The van der Waals surface area contributed by atoms with E-state index in [1.807, 2.05) is 6.26 Å². The predicted molar refractivity (Wildman–Crippen MR) is 101 cm³/mol. The lowest BCUT2D eigenvalue weighted by Crippen LogP contribution is -2.43. The molecule has 0 fully saturated rings. The minimum absolute atomic E-state index is 0.210.